The molecule has 2 heteroatoms. The summed E-state index contributed by atoms with van der Waals surface area (Å²) in [6.07, 6.45) is 5.39. The minimum Gasteiger partial charge on any atom is -0.310 e. The highest BCUT2D eigenvalue weighted by Gasteiger charge is 2.57. The largest absolute Gasteiger partial charge is 0.310 e. The quantitative estimate of drug-likeness (QED) is 0.179. The van der Waals surface area contributed by atoms with Crippen LogP contribution in [0.1, 0.15) is 36.8 Å². The van der Waals surface area contributed by atoms with E-state index in [4.69, 9.17) is 0 Å². The molecule has 0 radical (unpaired) electrons. The van der Waals surface area contributed by atoms with Crippen LogP contribution in [0, 0.1) is 11.8 Å². The first kappa shape index (κ1) is 28.9. The molecule has 2 bridgehead atoms. The molecule has 3 aliphatic carbocycles. The van der Waals surface area contributed by atoms with Crippen molar-refractivity contribution in [3.05, 3.63) is 181 Å². The smallest absolute Gasteiger partial charge is 0.0543 e. The predicted octanol–water partition coefficient (Wildman–Crippen LogP) is 13.0. The van der Waals surface area contributed by atoms with Crippen LogP contribution in [0.3, 0.4) is 0 Å². The Morgan fingerprint density at radius 2 is 1.12 bits per heavy atom. The van der Waals surface area contributed by atoms with Crippen LogP contribution in [-0.4, -0.2) is 4.57 Å². The Balaban J connectivity index is 1.10. The molecule has 0 N–H and O–H groups in total. The van der Waals surface area contributed by atoms with E-state index in [-0.39, 0.29) is 5.41 Å². The number of hydrogen-bond donors (Lipinski definition) is 0. The molecule has 1 aromatic heterocycles. The summed E-state index contributed by atoms with van der Waals surface area (Å²) >= 11 is 0. The van der Waals surface area contributed by atoms with Crippen molar-refractivity contribution < 1.29 is 0 Å². The van der Waals surface area contributed by atoms with Crippen LogP contribution in [-0.2, 0) is 5.41 Å². The lowest BCUT2D eigenvalue weighted by molar-refractivity contribution is 0.327. The van der Waals surface area contributed by atoms with Gasteiger partial charge in [0.05, 0.1) is 16.7 Å². The van der Waals surface area contributed by atoms with Gasteiger partial charge in [0, 0.05) is 38.8 Å². The summed E-state index contributed by atoms with van der Waals surface area (Å²) in [5.41, 5.74) is 15.7. The lowest BCUT2D eigenvalue weighted by Gasteiger charge is -2.37. The van der Waals surface area contributed by atoms with Crippen LogP contribution in [0.2, 0.25) is 0 Å². The maximum Gasteiger partial charge on any atom is 0.0543 e. The molecule has 51 heavy (non-hydrogen) atoms. The second-order valence-electron chi connectivity index (χ2n) is 14.9. The van der Waals surface area contributed by atoms with Gasteiger partial charge in [-0.3, -0.25) is 0 Å². The number of anilines is 3. The zero-order chi connectivity index (χ0) is 33.5. The van der Waals surface area contributed by atoms with Gasteiger partial charge in [-0.15, -0.1) is 0 Å². The van der Waals surface area contributed by atoms with E-state index in [1.807, 2.05) is 0 Å². The van der Waals surface area contributed by atoms with Gasteiger partial charge in [0.2, 0.25) is 0 Å². The Labute approximate surface area is 299 Å². The van der Waals surface area contributed by atoms with Crippen molar-refractivity contribution in [3.8, 4) is 27.9 Å². The Bertz CT molecular complexity index is 2540. The fourth-order valence-corrected chi connectivity index (χ4v) is 10.4. The van der Waals surface area contributed by atoms with Gasteiger partial charge in [-0.05, 0) is 114 Å². The fraction of sp³-hybridized carbons (Fsp3) is 0.143. The highest BCUT2D eigenvalue weighted by Crippen LogP contribution is 2.67. The SMILES string of the molecule is c1ccc(-c2ccc(N(c3ccc(-n4c5ccccc5c5ccccc54)cc3)c3cccc4c3-c3ccccc3[C@]43C[C@H]4CC[C@@H]3C4)cc2)cc1. The minimum atomic E-state index is 0.133. The van der Waals surface area contributed by atoms with E-state index in [9.17, 15) is 0 Å². The van der Waals surface area contributed by atoms with Gasteiger partial charge in [0.1, 0.15) is 0 Å². The summed E-state index contributed by atoms with van der Waals surface area (Å²) in [6.45, 7) is 0. The van der Waals surface area contributed by atoms with E-state index in [1.54, 1.807) is 11.1 Å². The second-order valence-corrected chi connectivity index (χ2v) is 14.9. The molecule has 11 rings (SSSR count). The number of rotatable bonds is 5. The van der Waals surface area contributed by atoms with Crippen molar-refractivity contribution in [2.24, 2.45) is 11.8 Å². The average Bonchev–Trinajstić information content (AvgIpc) is 3.97. The van der Waals surface area contributed by atoms with Gasteiger partial charge in [-0.1, -0.05) is 122 Å². The first-order valence-corrected chi connectivity index (χ1v) is 18.6. The molecule has 0 amide bonds. The summed E-state index contributed by atoms with van der Waals surface area (Å²) < 4.78 is 2.41. The normalized spacial score (nSPS) is 19.9. The van der Waals surface area contributed by atoms with Gasteiger partial charge in [0.15, 0.2) is 0 Å². The molecule has 3 aliphatic rings. The van der Waals surface area contributed by atoms with Crippen LogP contribution >= 0.6 is 0 Å². The minimum absolute atomic E-state index is 0.133. The van der Waals surface area contributed by atoms with Gasteiger partial charge in [-0.25, -0.2) is 0 Å². The van der Waals surface area contributed by atoms with E-state index in [0.29, 0.717) is 0 Å². The zero-order valence-corrected chi connectivity index (χ0v) is 28.5. The van der Waals surface area contributed by atoms with Crippen molar-refractivity contribution in [2.75, 3.05) is 4.90 Å². The van der Waals surface area contributed by atoms with E-state index in [2.05, 4.69) is 179 Å². The molecule has 0 saturated heterocycles. The van der Waals surface area contributed by atoms with Gasteiger partial charge in [0.25, 0.3) is 0 Å². The Kier molecular flexibility index (Phi) is 6.28. The number of para-hydroxylation sites is 2. The topological polar surface area (TPSA) is 8.17 Å². The monoisotopic (exact) mass is 654 g/mol. The molecule has 3 atom stereocenters. The number of benzene rings is 7. The third-order valence-electron chi connectivity index (χ3n) is 12.5. The fourth-order valence-electron chi connectivity index (χ4n) is 10.4. The molecule has 7 aromatic carbocycles. The van der Waals surface area contributed by atoms with Crippen molar-refractivity contribution in [1.82, 2.24) is 4.57 Å². The maximum atomic E-state index is 2.51. The number of nitrogens with zero attached hydrogens (tertiary/aromatic N) is 2. The lowest BCUT2D eigenvalue weighted by Crippen LogP contribution is -2.31. The Morgan fingerprint density at radius 3 is 1.80 bits per heavy atom. The molecule has 1 heterocycles. The molecule has 2 saturated carbocycles. The molecular formula is C49H38N2. The van der Waals surface area contributed by atoms with Crippen LogP contribution in [0.5, 0.6) is 0 Å². The molecule has 2 fully saturated rings. The summed E-state index contributed by atoms with van der Waals surface area (Å²) in [4.78, 5) is 2.51. The van der Waals surface area contributed by atoms with Crippen molar-refractivity contribution in [1.29, 1.82) is 0 Å². The second kappa shape index (κ2) is 11.1. The lowest BCUT2D eigenvalue weighted by atomic mass is 9.67. The van der Waals surface area contributed by atoms with Crippen LogP contribution < -0.4 is 4.90 Å². The van der Waals surface area contributed by atoms with Crippen molar-refractivity contribution in [2.45, 2.75) is 31.1 Å². The predicted molar refractivity (Wildman–Crippen MR) is 213 cm³/mol. The molecule has 0 unspecified atom stereocenters. The molecular weight excluding hydrogens is 617 g/mol. The third-order valence-corrected chi connectivity index (χ3v) is 12.5. The highest BCUT2D eigenvalue weighted by molar-refractivity contribution is 6.09. The summed E-state index contributed by atoms with van der Waals surface area (Å²) in [7, 11) is 0. The van der Waals surface area contributed by atoms with Gasteiger partial charge < -0.3 is 9.47 Å². The summed E-state index contributed by atoms with van der Waals surface area (Å²) in [6, 6.07) is 63.1. The van der Waals surface area contributed by atoms with E-state index >= 15 is 0 Å². The van der Waals surface area contributed by atoms with Crippen LogP contribution in [0.25, 0.3) is 49.7 Å². The third kappa shape index (κ3) is 4.17. The molecule has 0 aliphatic heterocycles. The maximum absolute atomic E-state index is 2.51. The van der Waals surface area contributed by atoms with Crippen LogP contribution in [0.15, 0.2) is 170 Å². The van der Waals surface area contributed by atoms with Gasteiger partial charge in [-0.2, -0.15) is 0 Å². The van der Waals surface area contributed by atoms with Crippen molar-refractivity contribution >= 4 is 38.9 Å². The average molecular weight is 655 g/mol. The zero-order valence-electron chi connectivity index (χ0n) is 28.5. The van der Waals surface area contributed by atoms with Crippen molar-refractivity contribution in [3.63, 3.8) is 0 Å². The van der Waals surface area contributed by atoms with E-state index in [0.717, 1.165) is 17.5 Å². The number of fused-ring (bicyclic) bond motifs is 11. The first-order valence-electron chi connectivity index (χ1n) is 18.6. The molecule has 1 spiro atoms. The summed E-state index contributed by atoms with van der Waals surface area (Å²) in [5.74, 6) is 1.57. The molecule has 8 aromatic rings. The van der Waals surface area contributed by atoms with Gasteiger partial charge >= 0.3 is 0 Å². The number of aromatic nitrogens is 1. The van der Waals surface area contributed by atoms with Crippen LogP contribution in [0.4, 0.5) is 17.1 Å². The first-order chi connectivity index (χ1) is 25.3. The summed E-state index contributed by atoms with van der Waals surface area (Å²) in [5, 5.41) is 2.57. The molecule has 2 nitrogen and oxygen atoms in total. The standard InChI is InChI=1S/C49H38N2/c1-2-11-34(12-3-1)35-22-25-37(26-23-35)50(38-27-29-39(30-28-38)51-45-18-8-5-13-40(45)41-14-6-9-19-46(41)51)47-20-10-17-44-48(47)42-15-4-7-16-43(42)49(44)32-33-21-24-36(49)31-33/h1-20,22-23,25-30,33,36H,21,24,31-32H2/t33-,36+,49+/m0/s1. The Hall–Kier alpha value is -5.86. The molecule has 244 valence electrons. The Morgan fingerprint density at radius 1 is 0.510 bits per heavy atom. The number of hydrogen-bond acceptors (Lipinski definition) is 1. The van der Waals surface area contributed by atoms with E-state index < -0.39 is 0 Å². The highest BCUT2D eigenvalue weighted by atomic mass is 15.1. The van der Waals surface area contributed by atoms with E-state index in [1.165, 1.54) is 86.8 Å².